The van der Waals surface area contributed by atoms with Gasteiger partial charge in [0.2, 0.25) is 5.91 Å². The average molecular weight is 311 g/mol. The standard InChI is InChI=1S/C14H19BrN2O/c1-10(12-6-2-3-7-13(12)15)17-14(18)9-11-5-4-8-16-11/h2-3,6-7,10-11,16H,4-5,8-9H2,1H3,(H,17,18)/t10-,11?/m0/s1. The number of hydrogen-bond acceptors (Lipinski definition) is 2. The molecule has 3 nitrogen and oxygen atoms in total. The molecule has 1 aliphatic rings. The van der Waals surface area contributed by atoms with E-state index in [1.165, 1.54) is 6.42 Å². The summed E-state index contributed by atoms with van der Waals surface area (Å²) in [5, 5.41) is 6.40. The van der Waals surface area contributed by atoms with Gasteiger partial charge in [0, 0.05) is 16.9 Å². The van der Waals surface area contributed by atoms with Crippen molar-refractivity contribution in [3.05, 3.63) is 34.3 Å². The Morgan fingerprint density at radius 1 is 1.56 bits per heavy atom. The molecule has 2 N–H and O–H groups in total. The molecule has 0 saturated carbocycles. The van der Waals surface area contributed by atoms with Crippen LogP contribution in [-0.4, -0.2) is 18.5 Å². The van der Waals surface area contributed by atoms with Gasteiger partial charge >= 0.3 is 0 Å². The first kappa shape index (κ1) is 13.6. The summed E-state index contributed by atoms with van der Waals surface area (Å²) in [6.45, 7) is 3.05. The third-order valence-electron chi connectivity index (χ3n) is 3.34. The molecule has 1 fully saturated rings. The zero-order chi connectivity index (χ0) is 13.0. The molecule has 0 radical (unpaired) electrons. The lowest BCUT2D eigenvalue weighted by Gasteiger charge is -2.17. The largest absolute Gasteiger partial charge is 0.349 e. The molecule has 18 heavy (non-hydrogen) atoms. The number of carbonyl (C=O) groups is 1. The minimum atomic E-state index is 0.0366. The van der Waals surface area contributed by atoms with Crippen LogP contribution in [0.1, 0.15) is 37.8 Å². The van der Waals surface area contributed by atoms with Crippen molar-refractivity contribution in [3.63, 3.8) is 0 Å². The number of rotatable bonds is 4. The Morgan fingerprint density at radius 2 is 2.33 bits per heavy atom. The van der Waals surface area contributed by atoms with Gasteiger partial charge in [-0.2, -0.15) is 0 Å². The summed E-state index contributed by atoms with van der Waals surface area (Å²) in [7, 11) is 0. The highest BCUT2D eigenvalue weighted by Gasteiger charge is 2.19. The molecular weight excluding hydrogens is 292 g/mol. The fraction of sp³-hybridized carbons (Fsp3) is 0.500. The summed E-state index contributed by atoms with van der Waals surface area (Å²) in [6, 6.07) is 8.39. The number of carbonyl (C=O) groups excluding carboxylic acids is 1. The van der Waals surface area contributed by atoms with E-state index in [0.29, 0.717) is 12.5 Å². The van der Waals surface area contributed by atoms with Crippen LogP contribution in [0.15, 0.2) is 28.7 Å². The van der Waals surface area contributed by atoms with Crippen molar-refractivity contribution in [2.75, 3.05) is 6.54 Å². The molecule has 2 atom stereocenters. The molecule has 1 aromatic carbocycles. The van der Waals surface area contributed by atoms with Crippen LogP contribution in [0, 0.1) is 0 Å². The van der Waals surface area contributed by atoms with Crippen LogP contribution in [0.3, 0.4) is 0 Å². The second kappa shape index (κ2) is 6.34. The molecular formula is C14H19BrN2O. The van der Waals surface area contributed by atoms with Gasteiger partial charge in [0.05, 0.1) is 6.04 Å². The van der Waals surface area contributed by atoms with E-state index in [1.54, 1.807) is 0 Å². The molecule has 0 bridgehead atoms. The summed E-state index contributed by atoms with van der Waals surface area (Å²) in [5.74, 6) is 0.123. The molecule has 1 unspecified atom stereocenters. The summed E-state index contributed by atoms with van der Waals surface area (Å²) in [5.41, 5.74) is 1.12. The van der Waals surface area contributed by atoms with Gasteiger partial charge in [0.1, 0.15) is 0 Å². The third-order valence-corrected chi connectivity index (χ3v) is 4.07. The summed E-state index contributed by atoms with van der Waals surface area (Å²) >= 11 is 3.51. The van der Waals surface area contributed by atoms with Crippen molar-refractivity contribution >= 4 is 21.8 Å². The van der Waals surface area contributed by atoms with Crippen molar-refractivity contribution in [1.82, 2.24) is 10.6 Å². The van der Waals surface area contributed by atoms with E-state index < -0.39 is 0 Å². The molecule has 2 rings (SSSR count). The van der Waals surface area contributed by atoms with E-state index in [4.69, 9.17) is 0 Å². The quantitative estimate of drug-likeness (QED) is 0.898. The predicted octanol–water partition coefficient (Wildman–Crippen LogP) is 2.77. The Morgan fingerprint density at radius 3 is 3.00 bits per heavy atom. The summed E-state index contributed by atoms with van der Waals surface area (Å²) in [6.07, 6.45) is 2.86. The van der Waals surface area contributed by atoms with Gasteiger partial charge in [-0.1, -0.05) is 34.1 Å². The van der Waals surface area contributed by atoms with E-state index in [-0.39, 0.29) is 11.9 Å². The maximum absolute atomic E-state index is 11.9. The lowest BCUT2D eigenvalue weighted by atomic mass is 10.1. The number of halogens is 1. The Kier molecular flexibility index (Phi) is 4.78. The summed E-state index contributed by atoms with van der Waals surface area (Å²) < 4.78 is 1.04. The average Bonchev–Trinajstić information content (AvgIpc) is 2.82. The molecule has 0 aliphatic carbocycles. The van der Waals surface area contributed by atoms with Gasteiger partial charge in [-0.3, -0.25) is 4.79 Å². The number of benzene rings is 1. The zero-order valence-electron chi connectivity index (χ0n) is 10.6. The lowest BCUT2D eigenvalue weighted by Crippen LogP contribution is -2.33. The molecule has 1 amide bonds. The maximum atomic E-state index is 11.9. The molecule has 1 heterocycles. The molecule has 4 heteroatoms. The van der Waals surface area contributed by atoms with Gasteiger partial charge in [0.15, 0.2) is 0 Å². The third kappa shape index (κ3) is 3.56. The normalized spacial score (nSPS) is 20.7. The first-order valence-corrected chi connectivity index (χ1v) is 7.23. The van der Waals surface area contributed by atoms with Crippen LogP contribution in [0.2, 0.25) is 0 Å². The Labute approximate surface area is 116 Å². The van der Waals surface area contributed by atoms with Gasteiger partial charge in [-0.15, -0.1) is 0 Å². The lowest BCUT2D eigenvalue weighted by molar-refractivity contribution is -0.122. The van der Waals surface area contributed by atoms with E-state index >= 15 is 0 Å². The smallest absolute Gasteiger partial charge is 0.222 e. The fourth-order valence-corrected chi connectivity index (χ4v) is 2.99. The van der Waals surface area contributed by atoms with Crippen LogP contribution in [0.4, 0.5) is 0 Å². The second-order valence-corrected chi connectivity index (χ2v) is 5.66. The second-order valence-electron chi connectivity index (χ2n) is 4.81. The minimum Gasteiger partial charge on any atom is -0.349 e. The van der Waals surface area contributed by atoms with E-state index in [0.717, 1.165) is 23.0 Å². The van der Waals surface area contributed by atoms with Crippen molar-refractivity contribution in [1.29, 1.82) is 0 Å². The molecule has 1 aromatic rings. The number of amides is 1. The van der Waals surface area contributed by atoms with Crippen LogP contribution in [-0.2, 0) is 4.79 Å². The first-order valence-electron chi connectivity index (χ1n) is 6.44. The van der Waals surface area contributed by atoms with Crippen LogP contribution < -0.4 is 10.6 Å². The highest BCUT2D eigenvalue weighted by molar-refractivity contribution is 9.10. The Bertz CT molecular complexity index is 416. The molecule has 1 aliphatic heterocycles. The van der Waals surface area contributed by atoms with E-state index in [1.807, 2.05) is 31.2 Å². The van der Waals surface area contributed by atoms with Crippen LogP contribution in [0.5, 0.6) is 0 Å². The predicted molar refractivity (Wildman–Crippen MR) is 76.3 cm³/mol. The highest BCUT2D eigenvalue weighted by atomic mass is 79.9. The maximum Gasteiger partial charge on any atom is 0.222 e. The fourth-order valence-electron chi connectivity index (χ4n) is 2.36. The van der Waals surface area contributed by atoms with Gasteiger partial charge < -0.3 is 10.6 Å². The monoisotopic (exact) mass is 310 g/mol. The molecule has 98 valence electrons. The molecule has 1 saturated heterocycles. The van der Waals surface area contributed by atoms with Gasteiger partial charge in [-0.05, 0) is 37.9 Å². The first-order chi connectivity index (χ1) is 8.66. The van der Waals surface area contributed by atoms with Crippen LogP contribution >= 0.6 is 15.9 Å². The van der Waals surface area contributed by atoms with Crippen molar-refractivity contribution in [2.45, 2.75) is 38.3 Å². The topological polar surface area (TPSA) is 41.1 Å². The molecule has 0 spiro atoms. The zero-order valence-corrected chi connectivity index (χ0v) is 12.2. The van der Waals surface area contributed by atoms with E-state index in [2.05, 4.69) is 26.6 Å². The van der Waals surface area contributed by atoms with Crippen molar-refractivity contribution in [3.8, 4) is 0 Å². The Hall–Kier alpha value is -0.870. The van der Waals surface area contributed by atoms with Gasteiger partial charge in [-0.25, -0.2) is 0 Å². The van der Waals surface area contributed by atoms with Crippen LogP contribution in [0.25, 0.3) is 0 Å². The number of nitrogens with one attached hydrogen (secondary N) is 2. The number of hydrogen-bond donors (Lipinski definition) is 2. The van der Waals surface area contributed by atoms with E-state index in [9.17, 15) is 4.79 Å². The SMILES string of the molecule is C[C@H](NC(=O)CC1CCCN1)c1ccccc1Br. The van der Waals surface area contributed by atoms with Crippen molar-refractivity contribution in [2.24, 2.45) is 0 Å². The minimum absolute atomic E-state index is 0.0366. The summed E-state index contributed by atoms with van der Waals surface area (Å²) in [4.78, 5) is 11.9. The highest BCUT2D eigenvalue weighted by Crippen LogP contribution is 2.22. The van der Waals surface area contributed by atoms with Gasteiger partial charge in [0.25, 0.3) is 0 Å². The molecule has 0 aromatic heterocycles. The van der Waals surface area contributed by atoms with Crippen molar-refractivity contribution < 1.29 is 4.79 Å². The Balaban J connectivity index is 1.88.